The van der Waals surface area contributed by atoms with Gasteiger partial charge in [0.15, 0.2) is 11.5 Å². The molecule has 0 saturated carbocycles. The van der Waals surface area contributed by atoms with Crippen LogP contribution in [0.1, 0.15) is 24.8 Å². The van der Waals surface area contributed by atoms with E-state index >= 15 is 0 Å². The van der Waals surface area contributed by atoms with Gasteiger partial charge in [-0.05, 0) is 55.2 Å². The fourth-order valence-electron chi connectivity index (χ4n) is 3.20. The van der Waals surface area contributed by atoms with E-state index in [1.165, 1.54) is 19.3 Å². The first-order valence-corrected chi connectivity index (χ1v) is 9.08. The van der Waals surface area contributed by atoms with Crippen LogP contribution in [0.15, 0.2) is 36.4 Å². The minimum absolute atomic E-state index is 0.694. The molecule has 0 atom stereocenters. The fourth-order valence-corrected chi connectivity index (χ4v) is 3.50. The molecule has 1 aliphatic rings. The van der Waals surface area contributed by atoms with Crippen molar-refractivity contribution in [3.63, 3.8) is 0 Å². The van der Waals surface area contributed by atoms with Gasteiger partial charge in [-0.1, -0.05) is 17.7 Å². The van der Waals surface area contributed by atoms with Crippen molar-refractivity contribution in [2.24, 2.45) is 0 Å². The average molecular weight is 361 g/mol. The Labute approximate surface area is 154 Å². The van der Waals surface area contributed by atoms with E-state index in [0.717, 1.165) is 46.5 Å². The zero-order chi connectivity index (χ0) is 17.6. The van der Waals surface area contributed by atoms with Crippen LogP contribution in [0.25, 0.3) is 0 Å². The summed E-state index contributed by atoms with van der Waals surface area (Å²) in [5.74, 6) is 1.47. The Morgan fingerprint density at radius 1 is 0.960 bits per heavy atom. The van der Waals surface area contributed by atoms with E-state index in [9.17, 15) is 0 Å². The van der Waals surface area contributed by atoms with Crippen molar-refractivity contribution in [2.75, 3.05) is 37.5 Å². The van der Waals surface area contributed by atoms with Crippen molar-refractivity contribution in [1.29, 1.82) is 0 Å². The predicted octanol–water partition coefficient (Wildman–Crippen LogP) is 4.96. The summed E-state index contributed by atoms with van der Waals surface area (Å²) in [6.45, 7) is 2.88. The lowest BCUT2D eigenvalue weighted by molar-refractivity contribution is 0.354. The number of rotatable bonds is 6. The zero-order valence-corrected chi connectivity index (χ0v) is 15.6. The number of methoxy groups -OCH3 is 2. The summed E-state index contributed by atoms with van der Waals surface area (Å²) in [6, 6.07) is 12.1. The molecule has 134 valence electrons. The maximum Gasteiger partial charge on any atom is 0.161 e. The molecule has 0 aromatic heterocycles. The van der Waals surface area contributed by atoms with Gasteiger partial charge in [-0.2, -0.15) is 0 Å². The van der Waals surface area contributed by atoms with Crippen molar-refractivity contribution >= 4 is 23.0 Å². The molecule has 0 spiro atoms. The monoisotopic (exact) mass is 360 g/mol. The van der Waals surface area contributed by atoms with Gasteiger partial charge in [0.2, 0.25) is 0 Å². The summed E-state index contributed by atoms with van der Waals surface area (Å²) in [6.07, 6.45) is 3.81. The smallest absolute Gasteiger partial charge is 0.161 e. The van der Waals surface area contributed by atoms with Gasteiger partial charge in [0.1, 0.15) is 0 Å². The highest BCUT2D eigenvalue weighted by Crippen LogP contribution is 2.31. The number of nitrogens with one attached hydrogen (secondary N) is 1. The van der Waals surface area contributed by atoms with Crippen molar-refractivity contribution in [2.45, 2.75) is 25.8 Å². The Morgan fingerprint density at radius 2 is 1.72 bits per heavy atom. The third-order valence-electron chi connectivity index (χ3n) is 4.59. The summed E-state index contributed by atoms with van der Waals surface area (Å²) in [5.41, 5.74) is 3.27. The molecule has 2 aromatic carbocycles. The lowest BCUT2D eigenvalue weighted by Crippen LogP contribution is -2.29. The van der Waals surface area contributed by atoms with Gasteiger partial charge < -0.3 is 19.7 Å². The molecule has 25 heavy (non-hydrogen) atoms. The molecule has 1 aliphatic heterocycles. The molecule has 0 bridgehead atoms. The number of anilines is 2. The molecule has 5 heteroatoms. The Hall–Kier alpha value is -2.07. The fraction of sp³-hybridized carbons (Fsp3) is 0.400. The topological polar surface area (TPSA) is 33.7 Å². The number of ether oxygens (including phenoxy) is 2. The van der Waals surface area contributed by atoms with Gasteiger partial charge in [0.25, 0.3) is 0 Å². The molecule has 1 saturated heterocycles. The summed E-state index contributed by atoms with van der Waals surface area (Å²) in [5, 5.41) is 4.23. The standard InChI is InChI=1S/C20H25ClN2O2/c1-24-19-9-6-15(12-20(19)25-2)14-22-16-7-8-18(17(21)13-16)23-10-4-3-5-11-23/h6-9,12-13,22H,3-5,10-11,14H2,1-2H3. The van der Waals surface area contributed by atoms with Gasteiger partial charge in [-0.15, -0.1) is 0 Å². The summed E-state index contributed by atoms with van der Waals surface area (Å²) in [7, 11) is 3.29. The Balaban J connectivity index is 1.66. The molecule has 0 aliphatic carbocycles. The van der Waals surface area contributed by atoms with Crippen LogP contribution in [0.5, 0.6) is 11.5 Å². The lowest BCUT2D eigenvalue weighted by Gasteiger charge is -2.29. The Morgan fingerprint density at radius 3 is 2.40 bits per heavy atom. The van der Waals surface area contributed by atoms with Crippen LogP contribution >= 0.6 is 11.6 Å². The van der Waals surface area contributed by atoms with Crippen molar-refractivity contribution in [3.05, 3.63) is 47.0 Å². The first-order chi connectivity index (χ1) is 12.2. The highest BCUT2D eigenvalue weighted by Gasteiger charge is 2.14. The van der Waals surface area contributed by atoms with Crippen molar-refractivity contribution < 1.29 is 9.47 Å². The van der Waals surface area contributed by atoms with E-state index in [2.05, 4.69) is 22.3 Å². The van der Waals surface area contributed by atoms with Crippen LogP contribution in [-0.2, 0) is 6.54 Å². The van der Waals surface area contributed by atoms with Crippen LogP contribution in [0, 0.1) is 0 Å². The second-order valence-corrected chi connectivity index (χ2v) is 6.66. The summed E-state index contributed by atoms with van der Waals surface area (Å²) in [4.78, 5) is 2.38. The second kappa shape index (κ2) is 8.34. The SMILES string of the molecule is COc1ccc(CNc2ccc(N3CCCCC3)c(Cl)c2)cc1OC. The number of hydrogen-bond donors (Lipinski definition) is 1. The van der Waals surface area contributed by atoms with Gasteiger partial charge in [0.05, 0.1) is 24.9 Å². The average Bonchev–Trinajstić information content (AvgIpc) is 2.66. The van der Waals surface area contributed by atoms with Crippen LogP contribution in [0.2, 0.25) is 5.02 Å². The molecule has 1 heterocycles. The third-order valence-corrected chi connectivity index (χ3v) is 4.89. The normalized spacial score (nSPS) is 14.3. The molecular formula is C20H25ClN2O2. The molecule has 1 N–H and O–H groups in total. The molecule has 1 fully saturated rings. The van der Waals surface area contributed by atoms with Gasteiger partial charge in [-0.3, -0.25) is 0 Å². The van der Waals surface area contributed by atoms with E-state index in [0.29, 0.717) is 6.54 Å². The van der Waals surface area contributed by atoms with Gasteiger partial charge >= 0.3 is 0 Å². The molecule has 3 rings (SSSR count). The first-order valence-electron chi connectivity index (χ1n) is 8.70. The summed E-state index contributed by atoms with van der Waals surface area (Å²) < 4.78 is 10.6. The van der Waals surface area contributed by atoms with E-state index in [1.807, 2.05) is 24.3 Å². The second-order valence-electron chi connectivity index (χ2n) is 6.26. The van der Waals surface area contributed by atoms with Crippen LogP contribution < -0.4 is 19.7 Å². The lowest BCUT2D eigenvalue weighted by atomic mass is 10.1. The van der Waals surface area contributed by atoms with Gasteiger partial charge in [-0.25, -0.2) is 0 Å². The van der Waals surface area contributed by atoms with E-state index in [-0.39, 0.29) is 0 Å². The molecule has 0 amide bonds. The molecule has 2 aromatic rings. The number of benzene rings is 2. The van der Waals surface area contributed by atoms with Crippen LogP contribution in [-0.4, -0.2) is 27.3 Å². The largest absolute Gasteiger partial charge is 0.493 e. The quantitative estimate of drug-likeness (QED) is 0.789. The number of halogens is 1. The minimum atomic E-state index is 0.694. The van der Waals surface area contributed by atoms with E-state index in [1.54, 1.807) is 14.2 Å². The predicted molar refractivity (Wildman–Crippen MR) is 104 cm³/mol. The van der Waals surface area contributed by atoms with Crippen LogP contribution in [0.3, 0.4) is 0 Å². The summed E-state index contributed by atoms with van der Waals surface area (Å²) >= 11 is 6.51. The number of hydrogen-bond acceptors (Lipinski definition) is 4. The number of nitrogens with zero attached hydrogens (tertiary/aromatic N) is 1. The first kappa shape index (κ1) is 17.7. The molecule has 0 unspecified atom stereocenters. The molecular weight excluding hydrogens is 336 g/mol. The molecule has 0 radical (unpaired) electrons. The van der Waals surface area contributed by atoms with E-state index in [4.69, 9.17) is 21.1 Å². The highest BCUT2D eigenvalue weighted by atomic mass is 35.5. The van der Waals surface area contributed by atoms with E-state index < -0.39 is 0 Å². The maximum absolute atomic E-state index is 6.51. The van der Waals surface area contributed by atoms with Crippen molar-refractivity contribution in [1.82, 2.24) is 0 Å². The Bertz CT molecular complexity index is 715. The maximum atomic E-state index is 6.51. The third kappa shape index (κ3) is 4.31. The highest BCUT2D eigenvalue weighted by molar-refractivity contribution is 6.33. The zero-order valence-electron chi connectivity index (χ0n) is 14.8. The van der Waals surface area contributed by atoms with Crippen LogP contribution in [0.4, 0.5) is 11.4 Å². The minimum Gasteiger partial charge on any atom is -0.493 e. The molecule has 4 nitrogen and oxygen atoms in total. The van der Waals surface area contributed by atoms with Gasteiger partial charge in [0, 0.05) is 25.3 Å². The number of piperidine rings is 1. The Kier molecular flexibility index (Phi) is 5.92. The van der Waals surface area contributed by atoms with Crippen molar-refractivity contribution in [3.8, 4) is 11.5 Å².